The molecule has 0 fully saturated rings. The van der Waals surface area contributed by atoms with Gasteiger partial charge in [0.15, 0.2) is 0 Å². The summed E-state index contributed by atoms with van der Waals surface area (Å²) in [6, 6.07) is 0. The van der Waals surface area contributed by atoms with E-state index in [-0.39, 0.29) is 0 Å². The lowest BCUT2D eigenvalue weighted by molar-refractivity contribution is 0.623. The summed E-state index contributed by atoms with van der Waals surface area (Å²) < 4.78 is 0. The lowest BCUT2D eigenvalue weighted by Crippen LogP contribution is -2.34. The first-order valence-corrected chi connectivity index (χ1v) is 5.68. The maximum Gasteiger partial charge on any atom is 0.0472 e. The number of nitrogens with two attached hydrogens (primary N) is 1. The van der Waals surface area contributed by atoms with E-state index in [1.54, 1.807) is 12.2 Å². The Morgan fingerprint density at radius 1 is 1.12 bits per heavy atom. The minimum atomic E-state index is -0.505. The molecule has 0 saturated heterocycles. The van der Waals surface area contributed by atoms with Gasteiger partial charge in [0.05, 0.1) is 0 Å². The van der Waals surface area contributed by atoms with E-state index in [9.17, 15) is 0 Å². The van der Waals surface area contributed by atoms with Crippen molar-refractivity contribution in [3.05, 3.63) is 58.2 Å². The van der Waals surface area contributed by atoms with Crippen LogP contribution >= 0.6 is 23.2 Å². The van der Waals surface area contributed by atoms with Gasteiger partial charge in [0.1, 0.15) is 0 Å². The molecule has 1 rings (SSSR count). The molecular weight excluding hydrogens is 241 g/mol. The highest BCUT2D eigenvalue weighted by atomic mass is 35.5. The van der Waals surface area contributed by atoms with Crippen molar-refractivity contribution in [3.8, 4) is 0 Å². The molecule has 86 valence electrons. The van der Waals surface area contributed by atoms with Crippen LogP contribution in [-0.2, 0) is 0 Å². The quantitative estimate of drug-likeness (QED) is 0.753. The monoisotopic (exact) mass is 255 g/mol. The molecule has 16 heavy (non-hydrogen) atoms. The van der Waals surface area contributed by atoms with Gasteiger partial charge in [-0.2, -0.15) is 0 Å². The Morgan fingerprint density at radius 2 is 1.69 bits per heavy atom. The van der Waals surface area contributed by atoms with Gasteiger partial charge in [-0.15, -0.1) is 0 Å². The van der Waals surface area contributed by atoms with E-state index in [0.717, 1.165) is 5.57 Å². The third-order valence-corrected chi connectivity index (χ3v) is 2.86. The number of hydrogen-bond donors (Lipinski definition) is 1. The second-order valence-electron chi connectivity index (χ2n) is 4.22. The molecule has 0 amide bonds. The number of rotatable bonds is 1. The molecule has 1 aliphatic carbocycles. The Hall–Kier alpha value is -0.760. The molecule has 0 bridgehead atoms. The SMILES string of the molecule is C=C1\C=C(Cl)/C(C(C)(C)N)=C/C=C/C=C\1Cl. The third-order valence-electron chi connectivity index (χ3n) is 2.18. The third kappa shape index (κ3) is 3.38. The van der Waals surface area contributed by atoms with Crippen LogP contribution in [0.5, 0.6) is 0 Å². The van der Waals surface area contributed by atoms with Gasteiger partial charge in [-0.1, -0.05) is 48.0 Å². The highest BCUT2D eigenvalue weighted by molar-refractivity contribution is 6.34. The van der Waals surface area contributed by atoms with E-state index >= 15 is 0 Å². The largest absolute Gasteiger partial charge is 0.322 e. The standard InChI is InChI=1S/C13H15Cl2N/c1-9-8-12(15)10(13(2,3)16)6-4-5-7-11(9)14/h4-8H,1,16H2,2-3H3/b5-4+,10-6-,11-7+,12-8+. The van der Waals surface area contributed by atoms with Gasteiger partial charge in [-0.25, -0.2) is 0 Å². The van der Waals surface area contributed by atoms with Gasteiger partial charge in [0.25, 0.3) is 0 Å². The lowest BCUT2D eigenvalue weighted by atomic mass is 9.93. The summed E-state index contributed by atoms with van der Waals surface area (Å²) in [6.45, 7) is 7.65. The van der Waals surface area contributed by atoms with Crippen LogP contribution in [0, 0.1) is 0 Å². The van der Waals surface area contributed by atoms with Crippen molar-refractivity contribution in [1.82, 2.24) is 0 Å². The van der Waals surface area contributed by atoms with Crippen molar-refractivity contribution in [2.75, 3.05) is 0 Å². The van der Waals surface area contributed by atoms with Gasteiger partial charge in [0.2, 0.25) is 0 Å². The first-order chi connectivity index (χ1) is 7.32. The molecular formula is C13H15Cl2N. The molecule has 0 unspecified atom stereocenters. The molecule has 0 aromatic heterocycles. The first-order valence-electron chi connectivity index (χ1n) is 4.92. The molecule has 0 radical (unpaired) electrons. The number of hydrogen-bond acceptors (Lipinski definition) is 1. The summed E-state index contributed by atoms with van der Waals surface area (Å²) in [5.74, 6) is 0. The molecule has 1 nitrogen and oxygen atoms in total. The zero-order valence-electron chi connectivity index (χ0n) is 9.43. The van der Waals surface area contributed by atoms with Crippen LogP contribution in [0.1, 0.15) is 13.8 Å². The van der Waals surface area contributed by atoms with Crippen LogP contribution in [0.4, 0.5) is 0 Å². The highest BCUT2D eigenvalue weighted by Gasteiger charge is 2.20. The van der Waals surface area contributed by atoms with E-state index in [0.29, 0.717) is 15.6 Å². The van der Waals surface area contributed by atoms with Gasteiger partial charge in [0, 0.05) is 15.6 Å². The zero-order chi connectivity index (χ0) is 12.3. The average Bonchev–Trinajstić information content (AvgIpc) is 2.18. The number of allylic oxidation sites excluding steroid dienone is 7. The molecule has 1 aliphatic rings. The predicted molar refractivity (Wildman–Crippen MR) is 72.5 cm³/mol. The molecule has 0 aromatic carbocycles. The maximum atomic E-state index is 6.21. The summed E-state index contributed by atoms with van der Waals surface area (Å²) in [7, 11) is 0. The van der Waals surface area contributed by atoms with Crippen molar-refractivity contribution < 1.29 is 0 Å². The van der Waals surface area contributed by atoms with Gasteiger partial charge in [-0.3, -0.25) is 0 Å². The zero-order valence-corrected chi connectivity index (χ0v) is 10.9. The fourth-order valence-electron chi connectivity index (χ4n) is 1.30. The van der Waals surface area contributed by atoms with Crippen LogP contribution in [0.25, 0.3) is 0 Å². The average molecular weight is 256 g/mol. The van der Waals surface area contributed by atoms with Gasteiger partial charge in [-0.05, 0) is 37.1 Å². The second-order valence-corrected chi connectivity index (χ2v) is 5.03. The minimum Gasteiger partial charge on any atom is -0.322 e. The first kappa shape index (κ1) is 13.3. The summed E-state index contributed by atoms with van der Waals surface area (Å²) >= 11 is 12.2. The van der Waals surface area contributed by atoms with Crippen molar-refractivity contribution in [1.29, 1.82) is 0 Å². The smallest absolute Gasteiger partial charge is 0.0472 e. The molecule has 0 aromatic rings. The Balaban J connectivity index is 3.25. The van der Waals surface area contributed by atoms with Crippen LogP contribution in [0.2, 0.25) is 0 Å². The molecule has 0 atom stereocenters. The van der Waals surface area contributed by atoms with E-state index in [1.807, 2.05) is 32.1 Å². The fourth-order valence-corrected chi connectivity index (χ4v) is 1.87. The Kier molecular flexibility index (Phi) is 4.20. The van der Waals surface area contributed by atoms with Crippen molar-refractivity contribution in [2.24, 2.45) is 5.73 Å². The maximum absolute atomic E-state index is 6.21. The van der Waals surface area contributed by atoms with Gasteiger partial charge < -0.3 is 5.73 Å². The molecule has 0 saturated carbocycles. The van der Waals surface area contributed by atoms with E-state index in [2.05, 4.69) is 6.58 Å². The van der Waals surface area contributed by atoms with Crippen molar-refractivity contribution >= 4 is 23.2 Å². The topological polar surface area (TPSA) is 26.0 Å². The number of halogens is 2. The van der Waals surface area contributed by atoms with Crippen LogP contribution < -0.4 is 5.73 Å². The summed E-state index contributed by atoms with van der Waals surface area (Å²) in [5.41, 5.74) is 7.07. The Labute approximate surface area is 107 Å². The molecule has 0 heterocycles. The highest BCUT2D eigenvalue weighted by Crippen LogP contribution is 2.28. The summed E-state index contributed by atoms with van der Waals surface area (Å²) in [6.07, 6.45) is 9.09. The van der Waals surface area contributed by atoms with E-state index in [4.69, 9.17) is 28.9 Å². The van der Waals surface area contributed by atoms with Gasteiger partial charge >= 0.3 is 0 Å². The minimum absolute atomic E-state index is 0.505. The summed E-state index contributed by atoms with van der Waals surface area (Å²) in [4.78, 5) is 0. The summed E-state index contributed by atoms with van der Waals surface area (Å²) in [5, 5.41) is 1.13. The normalized spacial score (nSPS) is 29.8. The van der Waals surface area contributed by atoms with E-state index < -0.39 is 5.54 Å². The molecule has 2 N–H and O–H groups in total. The van der Waals surface area contributed by atoms with E-state index in [1.165, 1.54) is 0 Å². The van der Waals surface area contributed by atoms with Crippen LogP contribution in [0.15, 0.2) is 58.2 Å². The van der Waals surface area contributed by atoms with Crippen LogP contribution in [-0.4, -0.2) is 5.54 Å². The van der Waals surface area contributed by atoms with Crippen molar-refractivity contribution in [3.63, 3.8) is 0 Å². The second kappa shape index (κ2) is 5.05. The van der Waals surface area contributed by atoms with Crippen molar-refractivity contribution in [2.45, 2.75) is 19.4 Å². The molecule has 0 spiro atoms. The lowest BCUT2D eigenvalue weighted by Gasteiger charge is -2.22. The molecule has 3 heteroatoms. The Morgan fingerprint density at radius 3 is 2.25 bits per heavy atom. The fraction of sp³-hybridized carbons (Fsp3) is 0.231. The predicted octanol–water partition coefficient (Wildman–Crippen LogP) is 4.02. The van der Waals surface area contributed by atoms with Crippen LogP contribution in [0.3, 0.4) is 0 Å². The molecule has 0 aliphatic heterocycles. The Bertz CT molecular complexity index is 418.